The molecule has 2 fully saturated rings. The maximum absolute atomic E-state index is 13.7. The normalized spacial score (nSPS) is 27.4. The van der Waals surface area contributed by atoms with E-state index < -0.39 is 28.2 Å². The Balaban J connectivity index is 1.42. The molecule has 0 radical (unpaired) electrons. The fourth-order valence-electron chi connectivity index (χ4n) is 5.38. The topological polar surface area (TPSA) is 146 Å². The molecule has 13 heteroatoms. The number of piperazine rings is 1. The van der Waals surface area contributed by atoms with Crippen LogP contribution in [0.15, 0.2) is 36.8 Å². The van der Waals surface area contributed by atoms with E-state index in [9.17, 15) is 18.0 Å². The number of amides is 2. The Morgan fingerprint density at radius 2 is 2.00 bits per heavy atom. The number of hydrogen-bond acceptors (Lipinski definition) is 8. The zero-order valence-electron chi connectivity index (χ0n) is 21.3. The summed E-state index contributed by atoms with van der Waals surface area (Å²) in [6, 6.07) is 5.88. The van der Waals surface area contributed by atoms with E-state index in [1.54, 1.807) is 35.6 Å². The number of nitrogens with one attached hydrogen (secondary N) is 3. The number of aromatic amines is 1. The summed E-state index contributed by atoms with van der Waals surface area (Å²) in [7, 11) is -3.46. The standard InChI is InChI=1S/C25H34N6O6S/c1-38(34,35)29-20-7-6-18-8-11-36-22-5-3-2-4-19(22)25(33)31-10-9-30(14-17-12-26-16-28-17)15-21(31)24(32)27-13-23(20)37-18/h2-5,12,16,18,20-21,23,29H,6-11,13-15H2,1H3,(H,26,28)(H,27,32)/t18-,20+,21-,23+/m0/s1. The molecule has 0 aliphatic carbocycles. The van der Waals surface area contributed by atoms with Crippen LogP contribution in [0, 0.1) is 0 Å². The van der Waals surface area contributed by atoms with E-state index in [4.69, 9.17) is 9.47 Å². The number of para-hydroxylation sites is 1. The monoisotopic (exact) mass is 546 g/mol. The van der Waals surface area contributed by atoms with Crippen molar-refractivity contribution in [2.45, 2.75) is 50.1 Å². The van der Waals surface area contributed by atoms with Crippen molar-refractivity contribution in [2.75, 3.05) is 39.0 Å². The number of carbonyl (C=O) groups excluding carboxylic acids is 2. The van der Waals surface area contributed by atoms with Crippen molar-refractivity contribution in [3.63, 3.8) is 0 Å². The van der Waals surface area contributed by atoms with E-state index in [1.165, 1.54) is 0 Å². The van der Waals surface area contributed by atoms with Gasteiger partial charge in [0.25, 0.3) is 5.91 Å². The van der Waals surface area contributed by atoms with Crippen molar-refractivity contribution in [1.82, 2.24) is 29.8 Å². The predicted octanol–water partition coefficient (Wildman–Crippen LogP) is 0.100. The number of sulfonamides is 1. The minimum atomic E-state index is -3.46. The van der Waals surface area contributed by atoms with E-state index >= 15 is 0 Å². The van der Waals surface area contributed by atoms with Gasteiger partial charge in [-0.25, -0.2) is 18.1 Å². The molecule has 2 bridgehead atoms. The highest BCUT2D eigenvalue weighted by molar-refractivity contribution is 7.88. The highest BCUT2D eigenvalue weighted by Gasteiger charge is 2.39. The molecule has 12 nitrogen and oxygen atoms in total. The van der Waals surface area contributed by atoms with E-state index in [1.807, 2.05) is 6.07 Å². The molecule has 3 N–H and O–H groups in total. The van der Waals surface area contributed by atoms with Gasteiger partial charge < -0.3 is 24.7 Å². The fourth-order valence-corrected chi connectivity index (χ4v) is 6.20. The third-order valence-electron chi connectivity index (χ3n) is 7.25. The van der Waals surface area contributed by atoms with Gasteiger partial charge in [0.05, 0.1) is 37.0 Å². The van der Waals surface area contributed by atoms with Crippen molar-refractivity contribution < 1.29 is 27.5 Å². The number of benzene rings is 1. The number of fused-ring (bicyclic) bond motifs is 4. The lowest BCUT2D eigenvalue weighted by molar-refractivity contribution is -0.130. The molecular weight excluding hydrogens is 512 g/mol. The number of imidazole rings is 1. The molecule has 1 aromatic heterocycles. The second-order valence-electron chi connectivity index (χ2n) is 10.1. The summed E-state index contributed by atoms with van der Waals surface area (Å²) >= 11 is 0. The molecular formula is C25H34N6O6S. The molecule has 3 aliphatic rings. The first-order valence-electron chi connectivity index (χ1n) is 12.9. The third-order valence-corrected chi connectivity index (χ3v) is 7.98. The maximum Gasteiger partial charge on any atom is 0.258 e. The molecule has 4 atom stereocenters. The van der Waals surface area contributed by atoms with E-state index in [0.717, 1.165) is 11.9 Å². The van der Waals surface area contributed by atoms with Crippen LogP contribution in [-0.4, -0.2) is 103 Å². The van der Waals surface area contributed by atoms with Crippen molar-refractivity contribution >= 4 is 21.8 Å². The van der Waals surface area contributed by atoms with E-state index in [2.05, 4.69) is 24.9 Å². The second kappa shape index (κ2) is 11.4. The van der Waals surface area contributed by atoms with Crippen LogP contribution in [0.25, 0.3) is 0 Å². The molecule has 4 heterocycles. The van der Waals surface area contributed by atoms with Crippen LogP contribution in [0.2, 0.25) is 0 Å². The van der Waals surface area contributed by atoms with Gasteiger partial charge in [-0.1, -0.05) is 12.1 Å². The van der Waals surface area contributed by atoms with Gasteiger partial charge in [0, 0.05) is 57.1 Å². The zero-order chi connectivity index (χ0) is 26.7. The van der Waals surface area contributed by atoms with Crippen molar-refractivity contribution in [1.29, 1.82) is 0 Å². The van der Waals surface area contributed by atoms with Gasteiger partial charge in [0.2, 0.25) is 15.9 Å². The first kappa shape index (κ1) is 26.6. The quantitative estimate of drug-likeness (QED) is 0.490. The Morgan fingerprint density at radius 3 is 2.79 bits per heavy atom. The average Bonchev–Trinajstić information content (AvgIpc) is 3.40. The van der Waals surface area contributed by atoms with Crippen LogP contribution in [0.3, 0.4) is 0 Å². The Bertz CT molecular complexity index is 1240. The van der Waals surface area contributed by atoms with Crippen molar-refractivity contribution in [3.8, 4) is 5.75 Å². The predicted molar refractivity (Wildman–Crippen MR) is 138 cm³/mol. The summed E-state index contributed by atoms with van der Waals surface area (Å²) in [6.45, 7) is 2.32. The fraction of sp³-hybridized carbons (Fsp3) is 0.560. The molecule has 2 aromatic rings. The first-order valence-corrected chi connectivity index (χ1v) is 14.8. The van der Waals surface area contributed by atoms with Crippen LogP contribution in [0.4, 0.5) is 0 Å². The SMILES string of the molecule is CS(=O)(=O)N[C@@H]1CC[C@H]2CCOc3ccccc3C(=O)N3CCN(Cc4cnc[nH]4)C[C@H]3C(=O)NC[C@H]1O2. The lowest BCUT2D eigenvalue weighted by Crippen LogP contribution is -2.62. The van der Waals surface area contributed by atoms with Gasteiger partial charge >= 0.3 is 0 Å². The number of ether oxygens (including phenoxy) is 2. The first-order chi connectivity index (χ1) is 18.3. The number of H-pyrrole nitrogens is 1. The Morgan fingerprint density at radius 1 is 1.16 bits per heavy atom. The van der Waals surface area contributed by atoms with Gasteiger partial charge in [-0.3, -0.25) is 14.5 Å². The summed E-state index contributed by atoms with van der Waals surface area (Å²) in [5, 5.41) is 2.96. The summed E-state index contributed by atoms with van der Waals surface area (Å²) in [5.41, 5.74) is 1.34. The number of nitrogens with zero attached hydrogens (tertiary/aromatic N) is 3. The van der Waals surface area contributed by atoms with Crippen LogP contribution in [-0.2, 0) is 26.1 Å². The summed E-state index contributed by atoms with van der Waals surface area (Å²) in [6.07, 6.45) is 5.58. The van der Waals surface area contributed by atoms with E-state index in [0.29, 0.717) is 63.4 Å². The van der Waals surface area contributed by atoms with Crippen LogP contribution < -0.4 is 14.8 Å². The zero-order valence-corrected chi connectivity index (χ0v) is 22.2. The van der Waals surface area contributed by atoms with Gasteiger partial charge in [0.15, 0.2) is 0 Å². The minimum absolute atomic E-state index is 0.124. The van der Waals surface area contributed by atoms with Crippen LogP contribution in [0.5, 0.6) is 5.75 Å². The minimum Gasteiger partial charge on any atom is -0.493 e. The van der Waals surface area contributed by atoms with Gasteiger partial charge in [-0.2, -0.15) is 0 Å². The van der Waals surface area contributed by atoms with Gasteiger partial charge in [-0.05, 0) is 25.0 Å². The second-order valence-corrected chi connectivity index (χ2v) is 11.9. The molecule has 38 heavy (non-hydrogen) atoms. The van der Waals surface area contributed by atoms with Crippen molar-refractivity contribution in [3.05, 3.63) is 48.0 Å². The Kier molecular flexibility index (Phi) is 7.98. The Labute approximate surface area is 222 Å². The maximum atomic E-state index is 13.7. The van der Waals surface area contributed by atoms with Crippen molar-refractivity contribution in [2.24, 2.45) is 0 Å². The highest BCUT2D eigenvalue weighted by atomic mass is 32.2. The number of aromatic nitrogens is 2. The van der Waals surface area contributed by atoms with E-state index in [-0.39, 0.29) is 24.5 Å². The lowest BCUT2D eigenvalue weighted by Gasteiger charge is -2.41. The third kappa shape index (κ3) is 6.34. The smallest absolute Gasteiger partial charge is 0.258 e. The molecule has 2 amide bonds. The molecule has 0 spiro atoms. The van der Waals surface area contributed by atoms with Crippen LogP contribution >= 0.6 is 0 Å². The molecule has 5 rings (SSSR count). The summed E-state index contributed by atoms with van der Waals surface area (Å²) in [5.74, 6) is -0.100. The number of hydrogen-bond donors (Lipinski definition) is 3. The average molecular weight is 547 g/mol. The molecule has 2 saturated heterocycles. The summed E-state index contributed by atoms with van der Waals surface area (Å²) < 4.78 is 38.9. The molecule has 0 unspecified atom stereocenters. The molecule has 1 aromatic carbocycles. The highest BCUT2D eigenvalue weighted by Crippen LogP contribution is 2.26. The Hall–Kier alpha value is -3.00. The van der Waals surface area contributed by atoms with Gasteiger partial charge in [0.1, 0.15) is 11.8 Å². The molecule has 206 valence electrons. The van der Waals surface area contributed by atoms with Gasteiger partial charge in [-0.15, -0.1) is 0 Å². The summed E-state index contributed by atoms with van der Waals surface area (Å²) in [4.78, 5) is 38.2. The van der Waals surface area contributed by atoms with Crippen LogP contribution in [0.1, 0.15) is 35.3 Å². The molecule has 0 saturated carbocycles. The largest absolute Gasteiger partial charge is 0.493 e. The lowest BCUT2D eigenvalue weighted by atomic mass is 9.97. The number of carbonyl (C=O) groups is 2. The number of rotatable bonds is 4. The molecule has 3 aliphatic heterocycles.